The molecule has 2 unspecified atom stereocenters. The van der Waals surface area contributed by atoms with Crippen molar-refractivity contribution < 1.29 is 4.74 Å². The molecule has 0 aliphatic carbocycles. The SMILES string of the molecule is CCCn1ccnc1C(N)C1OCCc2ccccc21. The van der Waals surface area contributed by atoms with Gasteiger partial charge in [0, 0.05) is 18.9 Å². The summed E-state index contributed by atoms with van der Waals surface area (Å²) in [7, 11) is 0. The smallest absolute Gasteiger partial charge is 0.128 e. The van der Waals surface area contributed by atoms with Crippen molar-refractivity contribution in [2.24, 2.45) is 5.73 Å². The van der Waals surface area contributed by atoms with Gasteiger partial charge in [-0.1, -0.05) is 31.2 Å². The minimum Gasteiger partial charge on any atom is -0.371 e. The Morgan fingerprint density at radius 1 is 1.45 bits per heavy atom. The molecule has 106 valence electrons. The second-order valence-corrected chi connectivity index (χ2v) is 5.24. The number of imidazole rings is 1. The highest BCUT2D eigenvalue weighted by molar-refractivity contribution is 5.32. The van der Waals surface area contributed by atoms with Gasteiger partial charge in [-0.2, -0.15) is 0 Å². The van der Waals surface area contributed by atoms with Crippen molar-refractivity contribution in [3.63, 3.8) is 0 Å². The van der Waals surface area contributed by atoms with E-state index in [-0.39, 0.29) is 12.1 Å². The second-order valence-electron chi connectivity index (χ2n) is 5.24. The van der Waals surface area contributed by atoms with Gasteiger partial charge in [-0.25, -0.2) is 4.98 Å². The highest BCUT2D eigenvalue weighted by Crippen LogP contribution is 2.34. The van der Waals surface area contributed by atoms with Crippen LogP contribution in [0.25, 0.3) is 0 Å². The fourth-order valence-corrected chi connectivity index (χ4v) is 2.91. The van der Waals surface area contributed by atoms with E-state index in [9.17, 15) is 0 Å². The first kappa shape index (κ1) is 13.3. The quantitative estimate of drug-likeness (QED) is 0.930. The molecule has 3 rings (SSSR count). The van der Waals surface area contributed by atoms with Crippen LogP contribution in [0.3, 0.4) is 0 Å². The Morgan fingerprint density at radius 3 is 3.15 bits per heavy atom. The summed E-state index contributed by atoms with van der Waals surface area (Å²) in [6.45, 7) is 3.82. The van der Waals surface area contributed by atoms with Crippen LogP contribution in [0.5, 0.6) is 0 Å². The van der Waals surface area contributed by atoms with Crippen LogP contribution in [0.15, 0.2) is 36.7 Å². The van der Waals surface area contributed by atoms with E-state index in [2.05, 4.69) is 34.7 Å². The molecule has 0 spiro atoms. The van der Waals surface area contributed by atoms with E-state index in [0.717, 1.165) is 31.8 Å². The predicted molar refractivity (Wildman–Crippen MR) is 78.3 cm³/mol. The first-order valence-electron chi connectivity index (χ1n) is 7.27. The number of fused-ring (bicyclic) bond motifs is 1. The molecule has 1 aromatic carbocycles. The Balaban J connectivity index is 1.91. The van der Waals surface area contributed by atoms with Crippen LogP contribution in [0, 0.1) is 0 Å². The fraction of sp³-hybridized carbons (Fsp3) is 0.438. The number of hydrogen-bond acceptors (Lipinski definition) is 3. The summed E-state index contributed by atoms with van der Waals surface area (Å²) in [4.78, 5) is 4.44. The van der Waals surface area contributed by atoms with E-state index in [1.165, 1.54) is 11.1 Å². The Labute approximate surface area is 119 Å². The number of ether oxygens (including phenoxy) is 1. The normalized spacial score (nSPS) is 19.6. The van der Waals surface area contributed by atoms with E-state index in [0.29, 0.717) is 0 Å². The lowest BCUT2D eigenvalue weighted by Gasteiger charge is -2.30. The molecule has 20 heavy (non-hydrogen) atoms. The summed E-state index contributed by atoms with van der Waals surface area (Å²) < 4.78 is 8.08. The number of nitrogens with zero attached hydrogens (tertiary/aromatic N) is 2. The number of hydrogen-bond donors (Lipinski definition) is 1. The van der Waals surface area contributed by atoms with Crippen LogP contribution in [-0.2, 0) is 17.7 Å². The molecule has 2 heterocycles. The Kier molecular flexibility index (Phi) is 3.85. The van der Waals surface area contributed by atoms with Crippen molar-refractivity contribution >= 4 is 0 Å². The molecule has 4 nitrogen and oxygen atoms in total. The number of benzene rings is 1. The first-order valence-corrected chi connectivity index (χ1v) is 7.27. The molecule has 0 amide bonds. The minimum atomic E-state index is -0.224. The molecule has 1 aliphatic heterocycles. The van der Waals surface area contributed by atoms with Crippen molar-refractivity contribution in [1.82, 2.24) is 9.55 Å². The monoisotopic (exact) mass is 271 g/mol. The van der Waals surface area contributed by atoms with Gasteiger partial charge in [0.15, 0.2) is 0 Å². The predicted octanol–water partition coefficient (Wildman–Crippen LogP) is 2.61. The Morgan fingerprint density at radius 2 is 2.30 bits per heavy atom. The maximum absolute atomic E-state index is 6.45. The lowest BCUT2D eigenvalue weighted by Crippen LogP contribution is -2.29. The van der Waals surface area contributed by atoms with Gasteiger partial charge in [-0.15, -0.1) is 0 Å². The molecule has 0 bridgehead atoms. The summed E-state index contributed by atoms with van der Waals surface area (Å²) in [5.41, 5.74) is 9.00. The first-order chi connectivity index (χ1) is 9.81. The fourth-order valence-electron chi connectivity index (χ4n) is 2.91. The molecule has 0 fully saturated rings. The number of rotatable bonds is 4. The van der Waals surface area contributed by atoms with Gasteiger partial charge < -0.3 is 15.0 Å². The van der Waals surface area contributed by atoms with Crippen molar-refractivity contribution in [3.05, 3.63) is 53.6 Å². The summed E-state index contributed by atoms with van der Waals surface area (Å²) in [5.74, 6) is 0.911. The number of aromatic nitrogens is 2. The molecule has 1 aromatic heterocycles. The zero-order valence-corrected chi connectivity index (χ0v) is 11.8. The van der Waals surface area contributed by atoms with E-state index in [1.807, 2.05) is 18.5 Å². The highest BCUT2D eigenvalue weighted by Gasteiger charge is 2.29. The van der Waals surface area contributed by atoms with Crippen molar-refractivity contribution in [3.8, 4) is 0 Å². The molecule has 0 radical (unpaired) electrons. The molecular weight excluding hydrogens is 250 g/mol. The molecular formula is C16H21N3O. The minimum absolute atomic E-state index is 0.0991. The molecule has 0 saturated carbocycles. The maximum atomic E-state index is 6.45. The topological polar surface area (TPSA) is 53.1 Å². The molecule has 2 aromatic rings. The maximum Gasteiger partial charge on any atom is 0.128 e. The van der Waals surface area contributed by atoms with Gasteiger partial charge in [0.2, 0.25) is 0 Å². The van der Waals surface area contributed by atoms with E-state index < -0.39 is 0 Å². The molecule has 2 atom stereocenters. The van der Waals surface area contributed by atoms with Crippen LogP contribution in [-0.4, -0.2) is 16.2 Å². The third-order valence-electron chi connectivity index (χ3n) is 3.87. The van der Waals surface area contributed by atoms with Gasteiger partial charge >= 0.3 is 0 Å². The van der Waals surface area contributed by atoms with Gasteiger partial charge in [0.25, 0.3) is 0 Å². The summed E-state index contributed by atoms with van der Waals surface area (Å²) in [5, 5.41) is 0. The van der Waals surface area contributed by atoms with Gasteiger partial charge in [-0.05, 0) is 24.0 Å². The third-order valence-corrected chi connectivity index (χ3v) is 3.87. The third kappa shape index (κ3) is 2.37. The van der Waals surface area contributed by atoms with E-state index in [4.69, 9.17) is 10.5 Å². The lowest BCUT2D eigenvalue weighted by atomic mass is 9.93. The molecule has 0 saturated heterocycles. The average Bonchev–Trinajstić information content (AvgIpc) is 2.94. The van der Waals surface area contributed by atoms with Crippen molar-refractivity contribution in [1.29, 1.82) is 0 Å². The zero-order valence-electron chi connectivity index (χ0n) is 11.8. The number of nitrogens with two attached hydrogens (primary N) is 1. The summed E-state index contributed by atoms with van der Waals surface area (Å²) in [6, 6.07) is 8.18. The average molecular weight is 271 g/mol. The van der Waals surface area contributed by atoms with Gasteiger partial charge in [0.1, 0.15) is 11.9 Å². The van der Waals surface area contributed by atoms with Crippen LogP contribution in [0.4, 0.5) is 0 Å². The molecule has 1 aliphatic rings. The molecule has 4 heteroatoms. The standard InChI is InChI=1S/C16H21N3O/c1-2-9-19-10-8-18-16(19)14(17)15-13-6-4-3-5-12(13)7-11-20-15/h3-6,8,10,14-15H,2,7,9,11,17H2,1H3. The summed E-state index contributed by atoms with van der Waals surface area (Å²) in [6.07, 6.45) is 5.74. The Hall–Kier alpha value is -1.65. The van der Waals surface area contributed by atoms with E-state index in [1.54, 1.807) is 0 Å². The Bertz CT molecular complexity index is 579. The van der Waals surface area contributed by atoms with Crippen LogP contribution in [0.1, 0.15) is 42.4 Å². The number of aryl methyl sites for hydroxylation is 1. The highest BCUT2D eigenvalue weighted by atomic mass is 16.5. The van der Waals surface area contributed by atoms with Crippen LogP contribution >= 0.6 is 0 Å². The second kappa shape index (κ2) is 5.77. The van der Waals surface area contributed by atoms with Crippen LogP contribution in [0.2, 0.25) is 0 Å². The summed E-state index contributed by atoms with van der Waals surface area (Å²) >= 11 is 0. The van der Waals surface area contributed by atoms with E-state index >= 15 is 0 Å². The van der Waals surface area contributed by atoms with Crippen LogP contribution < -0.4 is 5.73 Å². The van der Waals surface area contributed by atoms with Gasteiger partial charge in [0.05, 0.1) is 12.6 Å². The lowest BCUT2D eigenvalue weighted by molar-refractivity contribution is 0.0215. The zero-order chi connectivity index (χ0) is 13.9. The van der Waals surface area contributed by atoms with Crippen molar-refractivity contribution in [2.45, 2.75) is 38.5 Å². The largest absolute Gasteiger partial charge is 0.371 e. The van der Waals surface area contributed by atoms with Crippen molar-refractivity contribution in [2.75, 3.05) is 6.61 Å². The molecule has 2 N–H and O–H groups in total. The van der Waals surface area contributed by atoms with Gasteiger partial charge in [-0.3, -0.25) is 0 Å².